The van der Waals surface area contributed by atoms with Crippen LogP contribution < -0.4 is 15.0 Å². The van der Waals surface area contributed by atoms with Crippen LogP contribution in [-0.4, -0.2) is 67.4 Å². The third-order valence-corrected chi connectivity index (χ3v) is 9.44. The van der Waals surface area contributed by atoms with Crippen molar-refractivity contribution in [3.63, 3.8) is 0 Å². The fourth-order valence-corrected chi connectivity index (χ4v) is 6.37. The molecular formula is C41H48N4O5. The smallest absolute Gasteiger partial charge is 0.251 e. The summed E-state index contributed by atoms with van der Waals surface area (Å²) in [5, 5.41) is 3.08. The van der Waals surface area contributed by atoms with Crippen LogP contribution in [0.25, 0.3) is 17.2 Å². The summed E-state index contributed by atoms with van der Waals surface area (Å²) in [6.07, 6.45) is 6.89. The van der Waals surface area contributed by atoms with Gasteiger partial charge >= 0.3 is 0 Å². The number of ketones is 1. The number of ether oxygens (including phenoxy) is 3. The summed E-state index contributed by atoms with van der Waals surface area (Å²) in [6, 6.07) is 21.8. The Kier molecular flexibility index (Phi) is 11.8. The maximum Gasteiger partial charge on any atom is 0.251 e. The highest BCUT2D eigenvalue weighted by Crippen LogP contribution is 2.34. The number of unbranched alkanes of at least 4 members (excludes halogenated alkanes) is 1. The molecule has 1 saturated heterocycles. The van der Waals surface area contributed by atoms with Crippen LogP contribution in [-0.2, 0) is 27.2 Å². The minimum absolute atomic E-state index is 0.0200. The van der Waals surface area contributed by atoms with Gasteiger partial charge in [-0.2, -0.15) is 0 Å². The van der Waals surface area contributed by atoms with Gasteiger partial charge in [-0.3, -0.25) is 9.59 Å². The highest BCUT2D eigenvalue weighted by molar-refractivity contribution is 6.08. The molecular weight excluding hydrogens is 628 g/mol. The number of anilines is 2. The lowest BCUT2D eigenvalue weighted by atomic mass is 9.99. The van der Waals surface area contributed by atoms with E-state index in [1.807, 2.05) is 36.6 Å². The van der Waals surface area contributed by atoms with Gasteiger partial charge in [-0.1, -0.05) is 31.5 Å². The number of hydrogen-bond donors (Lipinski definition) is 1. The number of rotatable bonds is 16. The lowest BCUT2D eigenvalue weighted by molar-refractivity contribution is -0.112. The number of nitrogens with one attached hydrogen (secondary N) is 1. The van der Waals surface area contributed by atoms with Crippen molar-refractivity contribution in [2.24, 2.45) is 5.92 Å². The molecule has 2 aliphatic heterocycles. The largest absolute Gasteiger partial charge is 0.491 e. The first kappa shape index (κ1) is 35.1. The van der Waals surface area contributed by atoms with Crippen molar-refractivity contribution in [2.75, 3.05) is 56.3 Å². The fourth-order valence-electron chi connectivity index (χ4n) is 6.37. The van der Waals surface area contributed by atoms with E-state index in [1.165, 1.54) is 0 Å². The van der Waals surface area contributed by atoms with Gasteiger partial charge in [0.2, 0.25) is 0 Å². The van der Waals surface area contributed by atoms with Gasteiger partial charge in [0.05, 0.1) is 38.3 Å². The molecule has 0 aliphatic carbocycles. The van der Waals surface area contributed by atoms with Gasteiger partial charge in [-0.25, -0.2) is 4.98 Å². The van der Waals surface area contributed by atoms with Crippen molar-refractivity contribution in [1.82, 2.24) is 9.55 Å². The molecule has 6 rings (SSSR count). The monoisotopic (exact) mass is 676 g/mol. The van der Waals surface area contributed by atoms with E-state index >= 15 is 0 Å². The molecule has 1 N–H and O–H groups in total. The molecule has 1 aromatic heterocycles. The van der Waals surface area contributed by atoms with Crippen molar-refractivity contribution in [2.45, 2.75) is 53.0 Å². The Labute approximate surface area is 295 Å². The number of aromatic nitrogens is 2. The zero-order chi connectivity index (χ0) is 34.9. The maximum absolute atomic E-state index is 13.7. The quantitative estimate of drug-likeness (QED) is 0.0978. The summed E-state index contributed by atoms with van der Waals surface area (Å²) >= 11 is 0. The molecule has 262 valence electrons. The average Bonchev–Trinajstić information content (AvgIpc) is 3.36. The van der Waals surface area contributed by atoms with Crippen molar-refractivity contribution in [1.29, 1.82) is 0 Å². The van der Waals surface area contributed by atoms with Crippen LogP contribution in [0.5, 0.6) is 5.75 Å². The lowest BCUT2D eigenvalue weighted by Crippen LogP contribution is -2.40. The van der Waals surface area contributed by atoms with Gasteiger partial charge in [0, 0.05) is 60.4 Å². The number of hydrogen-bond acceptors (Lipinski definition) is 7. The average molecular weight is 677 g/mol. The molecule has 0 bridgehead atoms. The van der Waals surface area contributed by atoms with E-state index in [9.17, 15) is 9.59 Å². The Bertz CT molecular complexity index is 1790. The molecule has 1 amide bonds. The Balaban J connectivity index is 1.15. The second-order valence-corrected chi connectivity index (χ2v) is 13.1. The molecule has 0 spiro atoms. The standard InChI is InChI=1S/C41H48N4O5/c1-4-6-19-48-20-21-50-37-14-9-31(10-15-37)33-11-16-38-35(22-33)23-34(17-18-45(38)25-30-26-49-27-30)41(47)43-36-12-7-32(8-13-36)40(46)24-39-29(3)42-28-44(39)5-2/h7-16,22-23,28,30H,4-6,17-21,24-27H2,1-3H3,(H,43,47). The van der Waals surface area contributed by atoms with Crippen LogP contribution in [0.2, 0.25) is 0 Å². The predicted octanol–water partition coefficient (Wildman–Crippen LogP) is 7.38. The van der Waals surface area contributed by atoms with Gasteiger partial charge in [0.1, 0.15) is 12.4 Å². The van der Waals surface area contributed by atoms with Gasteiger partial charge in [0.25, 0.3) is 5.91 Å². The molecule has 9 heteroatoms. The van der Waals surface area contributed by atoms with Gasteiger partial charge in [-0.05, 0) is 98.0 Å². The summed E-state index contributed by atoms with van der Waals surface area (Å²) in [5.41, 5.74) is 8.05. The summed E-state index contributed by atoms with van der Waals surface area (Å²) < 4.78 is 19.0. The summed E-state index contributed by atoms with van der Waals surface area (Å²) in [6.45, 7) is 11.9. The zero-order valence-corrected chi connectivity index (χ0v) is 29.5. The number of imidazole rings is 1. The number of fused-ring (bicyclic) bond motifs is 1. The summed E-state index contributed by atoms with van der Waals surface area (Å²) in [7, 11) is 0. The Hall–Kier alpha value is -4.73. The molecule has 1 fully saturated rings. The molecule has 4 aromatic rings. The van der Waals surface area contributed by atoms with Gasteiger partial charge in [-0.15, -0.1) is 0 Å². The van der Waals surface area contributed by atoms with Crippen LogP contribution in [0.3, 0.4) is 0 Å². The van der Waals surface area contributed by atoms with E-state index < -0.39 is 0 Å². The molecule has 0 saturated carbocycles. The Morgan fingerprint density at radius 2 is 1.74 bits per heavy atom. The molecule has 0 radical (unpaired) electrons. The van der Waals surface area contributed by atoms with Gasteiger partial charge < -0.3 is 29.0 Å². The zero-order valence-electron chi connectivity index (χ0n) is 29.5. The summed E-state index contributed by atoms with van der Waals surface area (Å²) in [5.74, 6) is 1.17. The molecule has 50 heavy (non-hydrogen) atoms. The van der Waals surface area contributed by atoms with Crippen LogP contribution in [0, 0.1) is 12.8 Å². The predicted molar refractivity (Wildman–Crippen MR) is 198 cm³/mol. The fraction of sp³-hybridized carbons (Fsp3) is 0.390. The number of benzene rings is 3. The third kappa shape index (κ3) is 8.70. The SMILES string of the molecule is CCCCOCCOc1ccc(-c2ccc3c(c2)C=C(C(=O)Nc2ccc(C(=O)Cc4c(C)ncn4CC)cc2)CCN3CC2COC2)cc1. The highest BCUT2D eigenvalue weighted by atomic mass is 16.5. The first-order valence-electron chi connectivity index (χ1n) is 17.8. The van der Waals surface area contributed by atoms with Crippen molar-refractivity contribution < 1.29 is 23.8 Å². The second-order valence-electron chi connectivity index (χ2n) is 13.1. The minimum atomic E-state index is -0.142. The van der Waals surface area contributed by atoms with E-state index in [1.54, 1.807) is 30.6 Å². The number of amides is 1. The first-order valence-corrected chi connectivity index (χ1v) is 17.8. The summed E-state index contributed by atoms with van der Waals surface area (Å²) in [4.78, 5) is 33.5. The minimum Gasteiger partial charge on any atom is -0.491 e. The molecule has 2 aliphatic rings. The van der Waals surface area contributed by atoms with Crippen LogP contribution in [0.4, 0.5) is 11.4 Å². The number of carbonyl (C=O) groups excluding carboxylic acids is 2. The maximum atomic E-state index is 13.7. The van der Waals surface area contributed by atoms with Crippen molar-refractivity contribution in [3.8, 4) is 16.9 Å². The Morgan fingerprint density at radius 3 is 2.46 bits per heavy atom. The van der Waals surface area contributed by atoms with E-state index in [2.05, 4.69) is 52.5 Å². The first-order chi connectivity index (χ1) is 24.4. The number of carbonyl (C=O) groups is 2. The van der Waals surface area contributed by atoms with E-state index in [-0.39, 0.29) is 18.1 Å². The number of nitrogens with zero attached hydrogens (tertiary/aromatic N) is 3. The molecule has 3 aromatic carbocycles. The number of aryl methyl sites for hydroxylation is 2. The molecule has 0 unspecified atom stereocenters. The van der Waals surface area contributed by atoms with E-state index in [0.717, 1.165) is 91.8 Å². The van der Waals surface area contributed by atoms with Crippen LogP contribution in [0.15, 0.2) is 78.6 Å². The topological polar surface area (TPSA) is 94.9 Å². The van der Waals surface area contributed by atoms with Crippen LogP contribution >= 0.6 is 0 Å². The highest BCUT2D eigenvalue weighted by Gasteiger charge is 2.26. The molecule has 9 nitrogen and oxygen atoms in total. The normalized spacial score (nSPS) is 14.4. The van der Waals surface area contributed by atoms with E-state index in [0.29, 0.717) is 42.4 Å². The van der Waals surface area contributed by atoms with E-state index in [4.69, 9.17) is 14.2 Å². The van der Waals surface area contributed by atoms with Gasteiger partial charge in [0.15, 0.2) is 5.78 Å². The second kappa shape index (κ2) is 16.8. The lowest BCUT2D eigenvalue weighted by Gasteiger charge is -2.34. The third-order valence-electron chi connectivity index (χ3n) is 9.44. The van der Waals surface area contributed by atoms with Crippen molar-refractivity contribution >= 4 is 29.1 Å². The van der Waals surface area contributed by atoms with Crippen molar-refractivity contribution in [3.05, 3.63) is 101 Å². The molecule has 3 heterocycles. The Morgan fingerprint density at radius 1 is 0.960 bits per heavy atom. The number of Topliss-reactive ketones (excluding diaryl/α,β-unsaturated/α-hetero) is 1. The van der Waals surface area contributed by atoms with Crippen LogP contribution in [0.1, 0.15) is 60.4 Å². The molecule has 0 atom stereocenters.